The Kier molecular flexibility index (Phi) is 7.10. The van der Waals surface area contributed by atoms with Crippen LogP contribution in [0.3, 0.4) is 0 Å². The zero-order valence-electron chi connectivity index (χ0n) is 11.5. The van der Waals surface area contributed by atoms with Crippen molar-refractivity contribution >= 4 is 18.3 Å². The van der Waals surface area contributed by atoms with Gasteiger partial charge in [-0.2, -0.15) is 0 Å². The van der Waals surface area contributed by atoms with E-state index < -0.39 is 0 Å². The Morgan fingerprint density at radius 2 is 1.65 bits per heavy atom. The van der Waals surface area contributed by atoms with Gasteiger partial charge in [0.2, 0.25) is 5.91 Å². The standard InChI is InChI=1S/C13H26N2O.ClH/c1-9(2)12-5-7-15(8-6-12)13(16)10(3)11(4)14;/h9-12H,5-8,14H2,1-4H3;1H. The van der Waals surface area contributed by atoms with Gasteiger partial charge in [0.25, 0.3) is 0 Å². The van der Waals surface area contributed by atoms with Crippen molar-refractivity contribution < 1.29 is 4.79 Å². The molecule has 102 valence electrons. The number of halogens is 1. The summed E-state index contributed by atoms with van der Waals surface area (Å²) in [7, 11) is 0. The maximum absolute atomic E-state index is 12.1. The van der Waals surface area contributed by atoms with Gasteiger partial charge >= 0.3 is 0 Å². The second-order valence-electron chi connectivity index (χ2n) is 5.55. The quantitative estimate of drug-likeness (QED) is 0.848. The number of nitrogens with zero attached hydrogens (tertiary/aromatic N) is 1. The van der Waals surface area contributed by atoms with Crippen molar-refractivity contribution in [2.24, 2.45) is 23.5 Å². The monoisotopic (exact) mass is 262 g/mol. The Hall–Kier alpha value is -0.280. The second kappa shape index (κ2) is 7.22. The Morgan fingerprint density at radius 1 is 1.18 bits per heavy atom. The van der Waals surface area contributed by atoms with Crippen LogP contribution in [0.5, 0.6) is 0 Å². The van der Waals surface area contributed by atoms with Crippen LogP contribution in [0.25, 0.3) is 0 Å². The first kappa shape index (κ1) is 16.7. The molecule has 2 N–H and O–H groups in total. The lowest BCUT2D eigenvalue weighted by Crippen LogP contribution is -2.45. The molecule has 17 heavy (non-hydrogen) atoms. The molecule has 1 aliphatic heterocycles. The summed E-state index contributed by atoms with van der Waals surface area (Å²) < 4.78 is 0. The van der Waals surface area contributed by atoms with Crippen LogP contribution in [0, 0.1) is 17.8 Å². The van der Waals surface area contributed by atoms with Crippen LogP contribution in [-0.2, 0) is 4.79 Å². The van der Waals surface area contributed by atoms with Crippen molar-refractivity contribution in [2.75, 3.05) is 13.1 Å². The summed E-state index contributed by atoms with van der Waals surface area (Å²) in [6.45, 7) is 10.2. The summed E-state index contributed by atoms with van der Waals surface area (Å²) in [4.78, 5) is 14.1. The van der Waals surface area contributed by atoms with Crippen molar-refractivity contribution in [3.8, 4) is 0 Å². The minimum Gasteiger partial charge on any atom is -0.342 e. The van der Waals surface area contributed by atoms with Gasteiger partial charge in [-0.05, 0) is 31.6 Å². The van der Waals surface area contributed by atoms with E-state index in [1.165, 1.54) is 0 Å². The van der Waals surface area contributed by atoms with Crippen LogP contribution in [-0.4, -0.2) is 29.9 Å². The summed E-state index contributed by atoms with van der Waals surface area (Å²) >= 11 is 0. The average molecular weight is 263 g/mol. The maximum atomic E-state index is 12.1. The Morgan fingerprint density at radius 3 is 2.00 bits per heavy atom. The van der Waals surface area contributed by atoms with E-state index in [0.717, 1.165) is 37.8 Å². The normalized spacial score (nSPS) is 20.9. The molecule has 1 fully saturated rings. The molecule has 0 bridgehead atoms. The van der Waals surface area contributed by atoms with E-state index in [9.17, 15) is 4.79 Å². The van der Waals surface area contributed by atoms with Crippen LogP contribution in [0.15, 0.2) is 0 Å². The van der Waals surface area contributed by atoms with E-state index >= 15 is 0 Å². The fourth-order valence-corrected chi connectivity index (χ4v) is 2.30. The second-order valence-corrected chi connectivity index (χ2v) is 5.55. The van der Waals surface area contributed by atoms with E-state index in [1.54, 1.807) is 0 Å². The molecular weight excluding hydrogens is 236 g/mol. The molecule has 4 heteroatoms. The predicted octanol–water partition coefficient (Wildman–Crippen LogP) is 2.29. The third-order valence-electron chi connectivity index (χ3n) is 3.97. The zero-order valence-corrected chi connectivity index (χ0v) is 12.3. The van der Waals surface area contributed by atoms with Crippen molar-refractivity contribution in [1.82, 2.24) is 4.90 Å². The number of rotatable bonds is 3. The third-order valence-corrected chi connectivity index (χ3v) is 3.97. The molecule has 1 amide bonds. The van der Waals surface area contributed by atoms with E-state index in [4.69, 9.17) is 5.73 Å². The van der Waals surface area contributed by atoms with Crippen molar-refractivity contribution in [3.63, 3.8) is 0 Å². The zero-order chi connectivity index (χ0) is 12.3. The van der Waals surface area contributed by atoms with Gasteiger partial charge in [0, 0.05) is 19.1 Å². The van der Waals surface area contributed by atoms with Crippen molar-refractivity contribution in [2.45, 2.75) is 46.6 Å². The summed E-state index contributed by atoms with van der Waals surface area (Å²) in [5.74, 6) is 1.71. The molecular formula is C13H27ClN2O. The Bertz CT molecular complexity index is 236. The first-order valence-corrected chi connectivity index (χ1v) is 6.47. The first-order valence-electron chi connectivity index (χ1n) is 6.47. The lowest BCUT2D eigenvalue weighted by molar-refractivity contribution is -0.137. The van der Waals surface area contributed by atoms with E-state index in [1.807, 2.05) is 18.7 Å². The summed E-state index contributed by atoms with van der Waals surface area (Å²) in [6.07, 6.45) is 2.30. The van der Waals surface area contributed by atoms with Crippen LogP contribution >= 0.6 is 12.4 Å². The molecule has 1 heterocycles. The molecule has 0 radical (unpaired) electrons. The number of carbonyl (C=O) groups excluding carboxylic acids is 1. The Labute approximate surface area is 112 Å². The minimum absolute atomic E-state index is 0. The topological polar surface area (TPSA) is 46.3 Å². The molecule has 1 saturated heterocycles. The first-order chi connectivity index (χ1) is 7.43. The molecule has 0 spiro atoms. The number of carbonyl (C=O) groups is 1. The average Bonchev–Trinajstić information content (AvgIpc) is 2.27. The summed E-state index contributed by atoms with van der Waals surface area (Å²) in [6, 6.07) is -0.0460. The molecule has 3 nitrogen and oxygen atoms in total. The molecule has 1 aliphatic rings. The lowest BCUT2D eigenvalue weighted by Gasteiger charge is -2.35. The molecule has 0 aromatic heterocycles. The van der Waals surface area contributed by atoms with Crippen LogP contribution in [0.4, 0.5) is 0 Å². The summed E-state index contributed by atoms with van der Waals surface area (Å²) in [5, 5.41) is 0. The SMILES string of the molecule is CC(C)C1CCN(C(=O)C(C)C(C)N)CC1.Cl. The maximum Gasteiger partial charge on any atom is 0.226 e. The highest BCUT2D eigenvalue weighted by molar-refractivity contribution is 5.85. The molecule has 2 atom stereocenters. The number of hydrogen-bond acceptors (Lipinski definition) is 2. The van der Waals surface area contributed by atoms with Crippen LogP contribution < -0.4 is 5.73 Å². The molecule has 0 saturated carbocycles. The third kappa shape index (κ3) is 4.47. The van der Waals surface area contributed by atoms with Crippen LogP contribution in [0.2, 0.25) is 0 Å². The van der Waals surface area contributed by atoms with Crippen molar-refractivity contribution in [3.05, 3.63) is 0 Å². The fourth-order valence-electron chi connectivity index (χ4n) is 2.30. The van der Waals surface area contributed by atoms with Gasteiger partial charge in [0.1, 0.15) is 0 Å². The number of likely N-dealkylation sites (tertiary alicyclic amines) is 1. The van der Waals surface area contributed by atoms with E-state index in [-0.39, 0.29) is 30.3 Å². The van der Waals surface area contributed by atoms with E-state index in [0.29, 0.717) is 0 Å². The highest BCUT2D eigenvalue weighted by Gasteiger charge is 2.28. The number of hydrogen-bond donors (Lipinski definition) is 1. The van der Waals surface area contributed by atoms with Gasteiger partial charge in [-0.25, -0.2) is 0 Å². The highest BCUT2D eigenvalue weighted by atomic mass is 35.5. The fraction of sp³-hybridized carbons (Fsp3) is 0.923. The van der Waals surface area contributed by atoms with Crippen molar-refractivity contribution in [1.29, 1.82) is 0 Å². The Balaban J connectivity index is 0.00000256. The number of amides is 1. The molecule has 2 unspecified atom stereocenters. The molecule has 0 aromatic carbocycles. The lowest BCUT2D eigenvalue weighted by atomic mass is 9.86. The predicted molar refractivity (Wildman–Crippen MR) is 74.2 cm³/mol. The van der Waals surface area contributed by atoms with Gasteiger partial charge in [-0.1, -0.05) is 20.8 Å². The highest BCUT2D eigenvalue weighted by Crippen LogP contribution is 2.25. The number of nitrogens with two attached hydrogens (primary N) is 1. The molecule has 0 aromatic rings. The van der Waals surface area contributed by atoms with E-state index in [2.05, 4.69) is 13.8 Å². The summed E-state index contributed by atoms with van der Waals surface area (Å²) in [5.41, 5.74) is 5.77. The smallest absolute Gasteiger partial charge is 0.226 e. The van der Waals surface area contributed by atoms with Gasteiger partial charge in [-0.3, -0.25) is 4.79 Å². The number of piperidine rings is 1. The van der Waals surface area contributed by atoms with Gasteiger partial charge in [0.05, 0.1) is 5.92 Å². The molecule has 0 aliphatic carbocycles. The van der Waals surface area contributed by atoms with Gasteiger partial charge in [-0.15, -0.1) is 12.4 Å². The van der Waals surface area contributed by atoms with Gasteiger partial charge < -0.3 is 10.6 Å². The largest absolute Gasteiger partial charge is 0.342 e. The minimum atomic E-state index is -0.0460. The van der Waals surface area contributed by atoms with Gasteiger partial charge in [0.15, 0.2) is 0 Å². The molecule has 1 rings (SSSR count). The van der Waals surface area contributed by atoms with Crippen LogP contribution in [0.1, 0.15) is 40.5 Å².